The van der Waals surface area contributed by atoms with Crippen molar-refractivity contribution in [2.45, 2.75) is 19.3 Å². The fourth-order valence-corrected chi connectivity index (χ4v) is 3.37. The number of carboxylic acid groups (broad SMARTS) is 1. The van der Waals surface area contributed by atoms with Crippen molar-refractivity contribution in [3.63, 3.8) is 0 Å². The van der Waals surface area contributed by atoms with Crippen LogP contribution in [0.1, 0.15) is 25.9 Å². The average molecular weight is 336 g/mol. The van der Waals surface area contributed by atoms with Crippen molar-refractivity contribution in [1.82, 2.24) is 9.88 Å². The zero-order valence-corrected chi connectivity index (χ0v) is 12.5. The molecule has 2 rings (SSSR count). The molecular formula is C12H11F3N2O2S2. The Balaban J connectivity index is 2.02. The SMILES string of the molecule is CN(Cc1nc(C(F)(F)F)cs1)Cc1ccsc1C(=O)O. The Labute approximate surface area is 126 Å². The molecule has 1 N–H and O–H groups in total. The molecule has 114 valence electrons. The highest BCUT2D eigenvalue weighted by Gasteiger charge is 2.33. The van der Waals surface area contributed by atoms with Crippen molar-refractivity contribution in [2.75, 3.05) is 7.05 Å². The molecule has 0 aliphatic heterocycles. The first kappa shape index (κ1) is 15.9. The highest BCUT2D eigenvalue weighted by atomic mass is 32.1. The van der Waals surface area contributed by atoms with Gasteiger partial charge in [-0.3, -0.25) is 4.90 Å². The van der Waals surface area contributed by atoms with E-state index < -0.39 is 17.8 Å². The lowest BCUT2D eigenvalue weighted by molar-refractivity contribution is -0.140. The van der Waals surface area contributed by atoms with E-state index >= 15 is 0 Å². The van der Waals surface area contributed by atoms with Crippen LogP contribution in [0.3, 0.4) is 0 Å². The minimum atomic E-state index is -4.43. The van der Waals surface area contributed by atoms with Gasteiger partial charge in [0.25, 0.3) is 0 Å². The van der Waals surface area contributed by atoms with Crippen LogP contribution in [0.15, 0.2) is 16.8 Å². The molecule has 0 saturated heterocycles. The van der Waals surface area contributed by atoms with Crippen molar-refractivity contribution in [1.29, 1.82) is 0 Å². The lowest BCUT2D eigenvalue weighted by Crippen LogP contribution is -2.18. The van der Waals surface area contributed by atoms with Crippen LogP contribution in [0.5, 0.6) is 0 Å². The molecular weight excluding hydrogens is 325 g/mol. The smallest absolute Gasteiger partial charge is 0.434 e. The summed E-state index contributed by atoms with van der Waals surface area (Å²) in [5.74, 6) is -0.998. The van der Waals surface area contributed by atoms with Crippen molar-refractivity contribution in [2.24, 2.45) is 0 Å². The molecule has 0 radical (unpaired) electrons. The van der Waals surface area contributed by atoms with E-state index in [0.717, 1.165) is 28.1 Å². The van der Waals surface area contributed by atoms with Crippen LogP contribution in [-0.2, 0) is 19.3 Å². The topological polar surface area (TPSA) is 53.4 Å². The van der Waals surface area contributed by atoms with E-state index in [9.17, 15) is 18.0 Å². The van der Waals surface area contributed by atoms with Gasteiger partial charge >= 0.3 is 12.1 Å². The third-order valence-corrected chi connectivity index (χ3v) is 4.41. The summed E-state index contributed by atoms with van der Waals surface area (Å²) in [6.07, 6.45) is -4.43. The number of nitrogens with zero attached hydrogens (tertiary/aromatic N) is 2. The van der Waals surface area contributed by atoms with E-state index in [1.54, 1.807) is 23.4 Å². The van der Waals surface area contributed by atoms with E-state index in [4.69, 9.17) is 5.11 Å². The lowest BCUT2D eigenvalue weighted by atomic mass is 10.2. The molecule has 21 heavy (non-hydrogen) atoms. The van der Waals surface area contributed by atoms with Crippen molar-refractivity contribution in [3.05, 3.63) is 38.0 Å². The second kappa shape index (κ2) is 6.12. The number of carbonyl (C=O) groups is 1. The Morgan fingerprint density at radius 1 is 1.38 bits per heavy atom. The van der Waals surface area contributed by atoms with Crippen LogP contribution in [-0.4, -0.2) is 28.0 Å². The van der Waals surface area contributed by atoms with Crippen molar-refractivity contribution >= 4 is 28.6 Å². The monoisotopic (exact) mass is 336 g/mol. The van der Waals surface area contributed by atoms with Crippen LogP contribution < -0.4 is 0 Å². The third kappa shape index (κ3) is 4.02. The Kier molecular flexibility index (Phi) is 4.64. The quantitative estimate of drug-likeness (QED) is 0.907. The Morgan fingerprint density at radius 2 is 2.10 bits per heavy atom. The number of alkyl halides is 3. The second-order valence-corrected chi connectivity index (χ2v) is 6.24. The van der Waals surface area contributed by atoms with Gasteiger partial charge in [-0.15, -0.1) is 22.7 Å². The summed E-state index contributed by atoms with van der Waals surface area (Å²) in [6, 6.07) is 1.70. The van der Waals surface area contributed by atoms with Gasteiger partial charge in [-0.1, -0.05) is 0 Å². The first-order valence-corrected chi connectivity index (χ1v) is 7.53. The molecule has 2 heterocycles. The van der Waals surface area contributed by atoms with E-state index in [0.29, 0.717) is 17.1 Å². The first-order valence-electron chi connectivity index (χ1n) is 5.77. The summed E-state index contributed by atoms with van der Waals surface area (Å²) in [5, 5.41) is 12.0. The predicted octanol–water partition coefficient (Wildman–Crippen LogP) is 3.55. The lowest BCUT2D eigenvalue weighted by Gasteiger charge is -2.14. The molecule has 0 amide bonds. The molecule has 0 fully saturated rings. The number of rotatable bonds is 5. The fraction of sp³-hybridized carbons (Fsp3) is 0.333. The maximum Gasteiger partial charge on any atom is 0.434 e. The molecule has 2 aromatic heterocycles. The Morgan fingerprint density at radius 3 is 2.67 bits per heavy atom. The summed E-state index contributed by atoms with van der Waals surface area (Å²) < 4.78 is 37.4. The van der Waals surface area contributed by atoms with Gasteiger partial charge in [-0.05, 0) is 24.1 Å². The maximum absolute atomic E-state index is 12.5. The number of aromatic carboxylic acids is 1. The molecule has 0 saturated carbocycles. The summed E-state index contributed by atoms with van der Waals surface area (Å²) >= 11 is 2.07. The molecule has 4 nitrogen and oxygen atoms in total. The average Bonchev–Trinajstić information content (AvgIpc) is 2.96. The molecule has 2 aromatic rings. The number of hydrogen-bond donors (Lipinski definition) is 1. The number of hydrogen-bond acceptors (Lipinski definition) is 5. The van der Waals surface area contributed by atoms with Crippen LogP contribution in [0.4, 0.5) is 13.2 Å². The summed E-state index contributed by atoms with van der Waals surface area (Å²) in [7, 11) is 1.71. The van der Waals surface area contributed by atoms with E-state index in [1.807, 2.05) is 0 Å². The van der Waals surface area contributed by atoms with Crippen LogP contribution in [0.2, 0.25) is 0 Å². The Hall–Kier alpha value is -1.45. The van der Waals surface area contributed by atoms with E-state index in [2.05, 4.69) is 4.98 Å². The molecule has 0 atom stereocenters. The first-order chi connectivity index (χ1) is 9.77. The minimum absolute atomic E-state index is 0.232. The predicted molar refractivity (Wildman–Crippen MR) is 73.6 cm³/mol. The Bertz CT molecular complexity index is 636. The van der Waals surface area contributed by atoms with Gasteiger partial charge in [-0.25, -0.2) is 9.78 Å². The molecule has 0 bridgehead atoms. The molecule has 0 aliphatic carbocycles. The number of carboxylic acids is 1. The van der Waals surface area contributed by atoms with Crippen LogP contribution in [0.25, 0.3) is 0 Å². The fourth-order valence-electron chi connectivity index (χ4n) is 1.74. The van der Waals surface area contributed by atoms with Gasteiger partial charge in [0.15, 0.2) is 5.69 Å². The van der Waals surface area contributed by atoms with Crippen molar-refractivity contribution in [3.8, 4) is 0 Å². The zero-order valence-electron chi connectivity index (χ0n) is 10.8. The van der Waals surface area contributed by atoms with E-state index in [1.165, 1.54) is 0 Å². The van der Waals surface area contributed by atoms with Crippen LogP contribution >= 0.6 is 22.7 Å². The highest BCUT2D eigenvalue weighted by molar-refractivity contribution is 7.12. The normalized spacial score (nSPS) is 12.0. The minimum Gasteiger partial charge on any atom is -0.477 e. The molecule has 0 aliphatic rings. The van der Waals surface area contributed by atoms with Gasteiger partial charge in [0, 0.05) is 11.9 Å². The highest BCUT2D eigenvalue weighted by Crippen LogP contribution is 2.30. The molecule has 9 heteroatoms. The summed E-state index contributed by atoms with van der Waals surface area (Å²) in [6.45, 7) is 0.571. The number of thiophene rings is 1. The number of aromatic nitrogens is 1. The standard InChI is InChI=1S/C12H11F3N2O2S2/c1-17(4-7-2-3-20-10(7)11(18)19)5-9-16-8(6-21-9)12(13,14)15/h2-3,6H,4-5H2,1H3,(H,18,19). The number of halogens is 3. The van der Waals surface area contributed by atoms with Gasteiger partial charge in [-0.2, -0.15) is 13.2 Å². The van der Waals surface area contributed by atoms with Gasteiger partial charge < -0.3 is 5.11 Å². The van der Waals surface area contributed by atoms with Gasteiger partial charge in [0.05, 0.1) is 6.54 Å². The maximum atomic E-state index is 12.5. The third-order valence-electron chi connectivity index (χ3n) is 2.63. The second-order valence-electron chi connectivity index (χ2n) is 4.38. The molecule has 0 unspecified atom stereocenters. The number of thiazole rings is 1. The summed E-state index contributed by atoms with van der Waals surface area (Å²) in [5.41, 5.74) is -0.250. The van der Waals surface area contributed by atoms with Crippen LogP contribution in [0, 0.1) is 0 Å². The van der Waals surface area contributed by atoms with E-state index in [-0.39, 0.29) is 11.4 Å². The molecule has 0 aromatic carbocycles. The van der Waals surface area contributed by atoms with Gasteiger partial charge in [0.2, 0.25) is 0 Å². The van der Waals surface area contributed by atoms with Crippen molar-refractivity contribution < 1.29 is 23.1 Å². The molecule has 0 spiro atoms. The van der Waals surface area contributed by atoms with Gasteiger partial charge in [0.1, 0.15) is 9.88 Å². The summed E-state index contributed by atoms with van der Waals surface area (Å²) in [4.78, 5) is 16.5. The largest absolute Gasteiger partial charge is 0.477 e. The zero-order chi connectivity index (χ0) is 15.6.